The van der Waals surface area contributed by atoms with Gasteiger partial charge in [0, 0.05) is 5.75 Å². The molecule has 1 fully saturated rings. The summed E-state index contributed by atoms with van der Waals surface area (Å²) in [7, 11) is 0. The Labute approximate surface area is 68.9 Å². The Morgan fingerprint density at radius 2 is 2.09 bits per heavy atom. The highest BCUT2D eigenvalue weighted by Crippen LogP contribution is 2.29. The molecule has 0 aliphatic carbocycles. The molecule has 4 N–H and O–H groups in total. The molecule has 0 amide bonds. The minimum absolute atomic E-state index is 0.374. The molecule has 1 aliphatic rings. The fraction of sp³-hybridized carbons (Fsp3) is 1.00. The van der Waals surface area contributed by atoms with Crippen LogP contribution in [0.1, 0.15) is 0 Å². The summed E-state index contributed by atoms with van der Waals surface area (Å²) in [4.78, 5) is 0. The van der Waals surface area contributed by atoms with Crippen LogP contribution < -0.4 is 0 Å². The SMILES string of the molecule is OCC(O)C1SCC(O)C1O. The van der Waals surface area contributed by atoms with Crippen molar-refractivity contribution in [2.75, 3.05) is 12.4 Å². The summed E-state index contributed by atoms with van der Waals surface area (Å²) < 4.78 is 0. The third-order valence-corrected chi connectivity index (χ3v) is 3.27. The van der Waals surface area contributed by atoms with E-state index in [-0.39, 0.29) is 6.61 Å². The fourth-order valence-electron chi connectivity index (χ4n) is 1.07. The van der Waals surface area contributed by atoms with Gasteiger partial charge < -0.3 is 20.4 Å². The van der Waals surface area contributed by atoms with Gasteiger partial charge in [-0.3, -0.25) is 0 Å². The molecule has 5 heteroatoms. The van der Waals surface area contributed by atoms with E-state index in [1.54, 1.807) is 0 Å². The Kier molecular flexibility index (Phi) is 3.15. The quantitative estimate of drug-likeness (QED) is 0.402. The van der Waals surface area contributed by atoms with Crippen LogP contribution in [0.4, 0.5) is 0 Å². The summed E-state index contributed by atoms with van der Waals surface area (Å²) in [6.07, 6.45) is -2.62. The molecule has 4 nitrogen and oxygen atoms in total. The van der Waals surface area contributed by atoms with Gasteiger partial charge in [-0.05, 0) is 0 Å². The van der Waals surface area contributed by atoms with E-state index in [4.69, 9.17) is 15.3 Å². The van der Waals surface area contributed by atoms with Crippen LogP contribution >= 0.6 is 11.8 Å². The summed E-state index contributed by atoms with van der Waals surface area (Å²) >= 11 is 1.28. The molecule has 1 aliphatic heterocycles. The monoisotopic (exact) mass is 180 g/mol. The second kappa shape index (κ2) is 3.73. The van der Waals surface area contributed by atoms with Crippen LogP contribution in [-0.2, 0) is 0 Å². The summed E-state index contributed by atoms with van der Waals surface area (Å²) in [5.41, 5.74) is 0. The molecule has 1 saturated heterocycles. The molecule has 66 valence electrons. The standard InChI is InChI=1S/C6H12O4S/c7-1-3(8)6-5(10)4(9)2-11-6/h3-10H,1-2H2. The summed E-state index contributed by atoms with van der Waals surface area (Å²) in [5.74, 6) is 0.420. The highest BCUT2D eigenvalue weighted by Gasteiger charge is 2.38. The Hall–Kier alpha value is 0.190. The molecule has 4 atom stereocenters. The lowest BCUT2D eigenvalue weighted by molar-refractivity contribution is 0.000870. The van der Waals surface area contributed by atoms with Crippen LogP contribution in [0.3, 0.4) is 0 Å². The Morgan fingerprint density at radius 3 is 2.45 bits per heavy atom. The third-order valence-electron chi connectivity index (χ3n) is 1.76. The first-order chi connectivity index (χ1) is 5.16. The maximum absolute atomic E-state index is 9.22. The van der Waals surface area contributed by atoms with Crippen LogP contribution in [0.15, 0.2) is 0 Å². The molecule has 1 rings (SSSR count). The van der Waals surface area contributed by atoms with E-state index in [0.717, 1.165) is 0 Å². The Bertz CT molecular complexity index is 132. The van der Waals surface area contributed by atoms with Gasteiger partial charge in [0.05, 0.1) is 30.2 Å². The number of thioether (sulfide) groups is 1. The van der Waals surface area contributed by atoms with E-state index in [9.17, 15) is 5.11 Å². The minimum atomic E-state index is -0.938. The highest BCUT2D eigenvalue weighted by atomic mass is 32.2. The van der Waals surface area contributed by atoms with Crippen molar-refractivity contribution in [1.82, 2.24) is 0 Å². The van der Waals surface area contributed by atoms with Gasteiger partial charge in [-0.2, -0.15) is 11.8 Å². The number of aliphatic hydroxyl groups is 4. The largest absolute Gasteiger partial charge is 0.394 e. The number of hydrogen-bond acceptors (Lipinski definition) is 5. The Balaban J connectivity index is 2.47. The van der Waals surface area contributed by atoms with Gasteiger partial charge in [0.1, 0.15) is 0 Å². The van der Waals surface area contributed by atoms with Gasteiger partial charge >= 0.3 is 0 Å². The average Bonchev–Trinajstić information content (AvgIpc) is 2.32. The van der Waals surface area contributed by atoms with Gasteiger partial charge in [0.15, 0.2) is 0 Å². The van der Waals surface area contributed by atoms with Crippen molar-refractivity contribution in [1.29, 1.82) is 0 Å². The molecule has 0 bridgehead atoms. The van der Waals surface area contributed by atoms with Crippen molar-refractivity contribution in [2.24, 2.45) is 0 Å². The molecular weight excluding hydrogens is 168 g/mol. The van der Waals surface area contributed by atoms with E-state index < -0.39 is 23.6 Å². The van der Waals surface area contributed by atoms with Crippen molar-refractivity contribution in [2.45, 2.75) is 23.6 Å². The summed E-state index contributed by atoms with van der Waals surface area (Å²) in [5, 5.41) is 35.5. The highest BCUT2D eigenvalue weighted by molar-refractivity contribution is 8.00. The van der Waals surface area contributed by atoms with Gasteiger partial charge in [-0.25, -0.2) is 0 Å². The first kappa shape index (κ1) is 9.28. The van der Waals surface area contributed by atoms with Crippen molar-refractivity contribution in [3.05, 3.63) is 0 Å². The van der Waals surface area contributed by atoms with Crippen LogP contribution in [0.25, 0.3) is 0 Å². The first-order valence-electron chi connectivity index (χ1n) is 3.43. The predicted molar refractivity (Wildman–Crippen MR) is 41.4 cm³/mol. The zero-order valence-corrected chi connectivity index (χ0v) is 6.74. The molecule has 0 spiro atoms. The van der Waals surface area contributed by atoms with Crippen molar-refractivity contribution in [3.8, 4) is 0 Å². The van der Waals surface area contributed by atoms with Gasteiger partial charge in [0.25, 0.3) is 0 Å². The molecule has 11 heavy (non-hydrogen) atoms. The lowest BCUT2D eigenvalue weighted by Crippen LogP contribution is -2.38. The van der Waals surface area contributed by atoms with E-state index in [0.29, 0.717) is 5.75 Å². The summed E-state index contributed by atoms with van der Waals surface area (Å²) in [6, 6.07) is 0. The predicted octanol–water partition coefficient (Wildman–Crippen LogP) is -1.82. The van der Waals surface area contributed by atoms with Crippen LogP contribution in [0, 0.1) is 0 Å². The fourth-order valence-corrected chi connectivity index (χ4v) is 2.37. The topological polar surface area (TPSA) is 80.9 Å². The van der Waals surface area contributed by atoms with Crippen molar-refractivity contribution >= 4 is 11.8 Å². The van der Waals surface area contributed by atoms with Gasteiger partial charge in [0.2, 0.25) is 0 Å². The van der Waals surface area contributed by atoms with Gasteiger partial charge in [-0.15, -0.1) is 0 Å². The van der Waals surface area contributed by atoms with Crippen molar-refractivity contribution in [3.63, 3.8) is 0 Å². The maximum Gasteiger partial charge on any atom is 0.0951 e. The van der Waals surface area contributed by atoms with Crippen LogP contribution in [0.5, 0.6) is 0 Å². The van der Waals surface area contributed by atoms with E-state index in [1.165, 1.54) is 11.8 Å². The van der Waals surface area contributed by atoms with Crippen LogP contribution in [-0.4, -0.2) is 56.3 Å². The number of hydrogen-bond donors (Lipinski definition) is 4. The summed E-state index contributed by atoms with van der Waals surface area (Å²) in [6.45, 7) is -0.374. The lowest BCUT2D eigenvalue weighted by atomic mass is 10.1. The van der Waals surface area contributed by atoms with Crippen LogP contribution in [0.2, 0.25) is 0 Å². The van der Waals surface area contributed by atoms with E-state index >= 15 is 0 Å². The Morgan fingerprint density at radius 1 is 1.45 bits per heavy atom. The molecule has 4 unspecified atom stereocenters. The second-order valence-corrected chi connectivity index (χ2v) is 3.82. The molecule has 0 saturated carbocycles. The molecule has 0 aromatic heterocycles. The second-order valence-electron chi connectivity index (χ2n) is 2.61. The van der Waals surface area contributed by atoms with Crippen molar-refractivity contribution < 1.29 is 20.4 Å². The average molecular weight is 180 g/mol. The lowest BCUT2D eigenvalue weighted by Gasteiger charge is -2.19. The van der Waals surface area contributed by atoms with E-state index in [1.807, 2.05) is 0 Å². The smallest absolute Gasteiger partial charge is 0.0951 e. The van der Waals surface area contributed by atoms with E-state index in [2.05, 4.69) is 0 Å². The molecule has 0 radical (unpaired) electrons. The normalized spacial score (nSPS) is 40.9. The third kappa shape index (κ3) is 1.86. The first-order valence-corrected chi connectivity index (χ1v) is 4.48. The molecule has 0 aromatic carbocycles. The zero-order valence-electron chi connectivity index (χ0n) is 5.92. The zero-order chi connectivity index (χ0) is 8.43. The number of aliphatic hydroxyl groups excluding tert-OH is 4. The minimum Gasteiger partial charge on any atom is -0.394 e. The molecular formula is C6H12O4S. The maximum atomic E-state index is 9.22. The van der Waals surface area contributed by atoms with Gasteiger partial charge in [-0.1, -0.05) is 0 Å². The molecule has 0 aromatic rings. The molecule has 1 heterocycles. The number of rotatable bonds is 2.